The Bertz CT molecular complexity index is 479. The molecule has 4 heteroatoms. The molecular weight excluding hydrogens is 274 g/mol. The molecule has 1 unspecified atom stereocenters. The first-order valence-corrected chi connectivity index (χ1v) is 8.33. The Labute approximate surface area is 134 Å². The number of carbonyl (C=O) groups excluding carboxylic acids is 1. The van der Waals surface area contributed by atoms with E-state index < -0.39 is 0 Å². The van der Waals surface area contributed by atoms with E-state index >= 15 is 0 Å². The van der Waals surface area contributed by atoms with Gasteiger partial charge in [0.15, 0.2) is 0 Å². The van der Waals surface area contributed by atoms with Crippen molar-refractivity contribution in [1.29, 1.82) is 0 Å². The van der Waals surface area contributed by atoms with Crippen LogP contribution in [0.5, 0.6) is 0 Å². The van der Waals surface area contributed by atoms with E-state index in [1.54, 1.807) is 0 Å². The molecule has 1 N–H and O–H groups in total. The Balaban J connectivity index is 1.95. The van der Waals surface area contributed by atoms with Crippen LogP contribution in [0.1, 0.15) is 42.9 Å². The summed E-state index contributed by atoms with van der Waals surface area (Å²) in [7, 11) is 4.12. The molecule has 0 aliphatic carbocycles. The average Bonchev–Trinajstić information content (AvgIpc) is 2.76. The van der Waals surface area contributed by atoms with Crippen LogP contribution in [-0.2, 0) is 0 Å². The highest BCUT2D eigenvalue weighted by Crippen LogP contribution is 2.18. The third kappa shape index (κ3) is 4.73. The summed E-state index contributed by atoms with van der Waals surface area (Å²) in [5.74, 6) is 0. The van der Waals surface area contributed by atoms with Crippen LogP contribution < -0.4 is 5.32 Å². The summed E-state index contributed by atoms with van der Waals surface area (Å²) in [6, 6.07) is 8.81. The highest BCUT2D eigenvalue weighted by Gasteiger charge is 2.19. The predicted molar refractivity (Wildman–Crippen MR) is 91.0 cm³/mol. The first kappa shape index (κ1) is 16.8. The number of amides is 2. The van der Waals surface area contributed by atoms with Crippen LogP contribution in [0, 0.1) is 6.92 Å². The highest BCUT2D eigenvalue weighted by atomic mass is 16.2. The number of nitrogens with one attached hydrogen (secondary N) is 1. The maximum absolute atomic E-state index is 12.4. The minimum absolute atomic E-state index is 0.0846. The van der Waals surface area contributed by atoms with Crippen LogP contribution >= 0.6 is 0 Å². The van der Waals surface area contributed by atoms with Gasteiger partial charge in [-0.2, -0.15) is 0 Å². The van der Waals surface area contributed by atoms with Crippen molar-refractivity contribution in [2.45, 2.75) is 38.6 Å². The normalized spacial score (nSPS) is 17.2. The summed E-state index contributed by atoms with van der Waals surface area (Å²) in [5, 5.41) is 3.12. The van der Waals surface area contributed by atoms with Gasteiger partial charge in [0.25, 0.3) is 0 Å². The molecule has 0 radical (unpaired) electrons. The fourth-order valence-electron chi connectivity index (χ4n) is 3.05. The molecule has 0 spiro atoms. The van der Waals surface area contributed by atoms with Crippen molar-refractivity contribution < 1.29 is 4.79 Å². The average molecular weight is 303 g/mol. The first-order chi connectivity index (χ1) is 10.6. The van der Waals surface area contributed by atoms with E-state index in [1.165, 1.54) is 24.0 Å². The van der Waals surface area contributed by atoms with Gasteiger partial charge in [-0.15, -0.1) is 0 Å². The van der Waals surface area contributed by atoms with E-state index in [-0.39, 0.29) is 12.1 Å². The zero-order valence-electron chi connectivity index (χ0n) is 14.1. The fraction of sp³-hybridized carbons (Fsp3) is 0.611. The van der Waals surface area contributed by atoms with E-state index in [0.29, 0.717) is 6.54 Å². The molecule has 0 bridgehead atoms. The van der Waals surface area contributed by atoms with Gasteiger partial charge in [-0.1, -0.05) is 42.7 Å². The van der Waals surface area contributed by atoms with E-state index in [2.05, 4.69) is 55.5 Å². The quantitative estimate of drug-likeness (QED) is 0.927. The number of benzene rings is 1. The Morgan fingerprint density at radius 1 is 1.23 bits per heavy atom. The summed E-state index contributed by atoms with van der Waals surface area (Å²) in [4.78, 5) is 16.5. The van der Waals surface area contributed by atoms with E-state index in [1.807, 2.05) is 4.90 Å². The number of likely N-dealkylation sites (N-methyl/N-ethyl adjacent to an activating group) is 1. The predicted octanol–water partition coefficient (Wildman–Crippen LogP) is 3.18. The van der Waals surface area contributed by atoms with Crippen molar-refractivity contribution in [3.8, 4) is 0 Å². The molecule has 22 heavy (non-hydrogen) atoms. The SMILES string of the molecule is Cc1cccc(C(CNC(=O)N2CCCCCC2)N(C)C)c1. The second kappa shape index (κ2) is 8.18. The zero-order valence-corrected chi connectivity index (χ0v) is 14.1. The van der Waals surface area contributed by atoms with Gasteiger partial charge in [0, 0.05) is 19.6 Å². The molecule has 1 atom stereocenters. The van der Waals surface area contributed by atoms with Gasteiger partial charge in [0.1, 0.15) is 0 Å². The molecule has 1 aliphatic heterocycles. The standard InChI is InChI=1S/C18H29N3O/c1-15-9-8-10-16(13-15)17(20(2)3)14-19-18(22)21-11-6-4-5-7-12-21/h8-10,13,17H,4-7,11-12,14H2,1-3H3,(H,19,22). The van der Waals surface area contributed by atoms with Crippen molar-refractivity contribution in [3.05, 3.63) is 35.4 Å². The topological polar surface area (TPSA) is 35.6 Å². The molecule has 0 saturated carbocycles. The molecule has 4 nitrogen and oxygen atoms in total. The molecule has 122 valence electrons. The van der Waals surface area contributed by atoms with Crippen LogP contribution in [0.2, 0.25) is 0 Å². The van der Waals surface area contributed by atoms with Gasteiger partial charge in [-0.3, -0.25) is 0 Å². The zero-order chi connectivity index (χ0) is 15.9. The van der Waals surface area contributed by atoms with Gasteiger partial charge in [-0.05, 0) is 39.4 Å². The molecule has 1 saturated heterocycles. The molecule has 2 rings (SSSR count). The lowest BCUT2D eigenvalue weighted by molar-refractivity contribution is 0.194. The molecule has 1 aliphatic rings. The third-order valence-electron chi connectivity index (χ3n) is 4.39. The lowest BCUT2D eigenvalue weighted by Gasteiger charge is -2.27. The summed E-state index contributed by atoms with van der Waals surface area (Å²) < 4.78 is 0. The lowest BCUT2D eigenvalue weighted by atomic mass is 10.0. The van der Waals surface area contributed by atoms with Crippen LogP contribution in [0.4, 0.5) is 4.79 Å². The number of aryl methyl sites for hydroxylation is 1. The third-order valence-corrected chi connectivity index (χ3v) is 4.39. The van der Waals surface area contributed by atoms with Crippen molar-refractivity contribution in [3.63, 3.8) is 0 Å². The van der Waals surface area contributed by atoms with Crippen molar-refractivity contribution in [2.75, 3.05) is 33.7 Å². The summed E-state index contributed by atoms with van der Waals surface area (Å²) in [6.45, 7) is 4.53. The summed E-state index contributed by atoms with van der Waals surface area (Å²) >= 11 is 0. The van der Waals surface area contributed by atoms with Crippen molar-refractivity contribution in [2.24, 2.45) is 0 Å². The maximum atomic E-state index is 12.4. The van der Waals surface area contributed by atoms with Gasteiger partial charge in [-0.25, -0.2) is 4.79 Å². The summed E-state index contributed by atoms with van der Waals surface area (Å²) in [5.41, 5.74) is 2.50. The number of likely N-dealkylation sites (tertiary alicyclic amines) is 1. The lowest BCUT2D eigenvalue weighted by Crippen LogP contribution is -2.43. The van der Waals surface area contributed by atoms with Crippen molar-refractivity contribution >= 4 is 6.03 Å². The number of carbonyl (C=O) groups is 1. The number of hydrogen-bond donors (Lipinski definition) is 1. The maximum Gasteiger partial charge on any atom is 0.317 e. The molecule has 1 heterocycles. The molecule has 2 amide bonds. The van der Waals surface area contributed by atoms with Crippen LogP contribution in [0.3, 0.4) is 0 Å². The minimum atomic E-state index is 0.0846. The van der Waals surface area contributed by atoms with Gasteiger partial charge in [0.2, 0.25) is 0 Å². The van der Waals surface area contributed by atoms with Crippen LogP contribution in [0.15, 0.2) is 24.3 Å². The molecule has 0 aromatic heterocycles. The van der Waals surface area contributed by atoms with Crippen LogP contribution in [-0.4, -0.2) is 49.6 Å². The summed E-state index contributed by atoms with van der Waals surface area (Å²) in [6.07, 6.45) is 4.74. The monoisotopic (exact) mass is 303 g/mol. The van der Waals surface area contributed by atoms with E-state index in [4.69, 9.17) is 0 Å². The Kier molecular flexibility index (Phi) is 6.25. The molecule has 1 aromatic carbocycles. The van der Waals surface area contributed by atoms with Crippen LogP contribution in [0.25, 0.3) is 0 Å². The fourth-order valence-corrected chi connectivity index (χ4v) is 3.05. The first-order valence-electron chi connectivity index (χ1n) is 8.33. The molecule has 1 fully saturated rings. The van der Waals surface area contributed by atoms with Gasteiger partial charge in [0.05, 0.1) is 6.04 Å². The molecular formula is C18H29N3O. The molecule has 1 aromatic rings. The second-order valence-electron chi connectivity index (χ2n) is 6.48. The Hall–Kier alpha value is -1.55. The van der Waals surface area contributed by atoms with Gasteiger partial charge < -0.3 is 15.1 Å². The smallest absolute Gasteiger partial charge is 0.317 e. The van der Waals surface area contributed by atoms with E-state index in [0.717, 1.165) is 25.9 Å². The largest absolute Gasteiger partial charge is 0.336 e. The number of rotatable bonds is 4. The highest BCUT2D eigenvalue weighted by molar-refractivity contribution is 5.74. The number of hydrogen-bond acceptors (Lipinski definition) is 2. The Morgan fingerprint density at radius 2 is 1.91 bits per heavy atom. The number of urea groups is 1. The van der Waals surface area contributed by atoms with E-state index in [9.17, 15) is 4.79 Å². The second-order valence-corrected chi connectivity index (χ2v) is 6.48. The van der Waals surface area contributed by atoms with Gasteiger partial charge >= 0.3 is 6.03 Å². The number of nitrogens with zero attached hydrogens (tertiary/aromatic N) is 2. The van der Waals surface area contributed by atoms with Crippen molar-refractivity contribution in [1.82, 2.24) is 15.1 Å². The Morgan fingerprint density at radius 3 is 2.50 bits per heavy atom. The minimum Gasteiger partial charge on any atom is -0.336 e.